The average Bonchev–Trinajstić information content (AvgIpc) is 2.23. The normalized spacial score (nSPS) is 10.3. The molecule has 2 nitrogen and oxygen atoms in total. The van der Waals surface area contributed by atoms with E-state index in [1.807, 2.05) is 6.92 Å². The molecule has 0 bridgehead atoms. The molecule has 0 heterocycles. The SMILES string of the molecule is Cc1cc(N)cc(Oc2cccc(F)c2F)c1. The van der Waals surface area contributed by atoms with Crippen molar-refractivity contribution in [3.05, 3.63) is 53.6 Å². The Kier molecular flexibility index (Phi) is 2.95. The van der Waals surface area contributed by atoms with Crippen molar-refractivity contribution in [1.29, 1.82) is 0 Å². The van der Waals surface area contributed by atoms with E-state index in [1.54, 1.807) is 18.2 Å². The van der Waals surface area contributed by atoms with Crippen LogP contribution in [-0.2, 0) is 0 Å². The average molecular weight is 235 g/mol. The Morgan fingerprint density at radius 2 is 1.88 bits per heavy atom. The van der Waals surface area contributed by atoms with Crippen LogP contribution in [0, 0.1) is 18.6 Å². The maximum atomic E-state index is 13.4. The third-order valence-electron chi connectivity index (χ3n) is 2.22. The van der Waals surface area contributed by atoms with E-state index in [1.165, 1.54) is 12.1 Å². The number of hydrogen-bond donors (Lipinski definition) is 1. The molecule has 0 spiro atoms. The largest absolute Gasteiger partial charge is 0.454 e. The lowest BCUT2D eigenvalue weighted by molar-refractivity contribution is 0.416. The molecule has 0 aromatic heterocycles. The van der Waals surface area contributed by atoms with E-state index in [9.17, 15) is 8.78 Å². The van der Waals surface area contributed by atoms with Gasteiger partial charge in [0.2, 0.25) is 5.82 Å². The lowest BCUT2D eigenvalue weighted by Gasteiger charge is -2.08. The number of nitrogens with two attached hydrogens (primary N) is 1. The van der Waals surface area contributed by atoms with Crippen LogP contribution in [0.1, 0.15) is 5.56 Å². The highest BCUT2D eigenvalue weighted by Gasteiger charge is 2.09. The number of hydrogen-bond acceptors (Lipinski definition) is 2. The number of anilines is 1. The third kappa shape index (κ3) is 2.53. The number of rotatable bonds is 2. The van der Waals surface area contributed by atoms with Crippen LogP contribution in [0.15, 0.2) is 36.4 Å². The third-order valence-corrected chi connectivity index (χ3v) is 2.22. The molecule has 17 heavy (non-hydrogen) atoms. The van der Waals surface area contributed by atoms with Crippen molar-refractivity contribution in [3.8, 4) is 11.5 Å². The first kappa shape index (κ1) is 11.4. The van der Waals surface area contributed by atoms with Gasteiger partial charge in [0.05, 0.1) is 0 Å². The quantitative estimate of drug-likeness (QED) is 0.806. The summed E-state index contributed by atoms with van der Waals surface area (Å²) in [5.74, 6) is -1.72. The van der Waals surface area contributed by atoms with Gasteiger partial charge in [-0.25, -0.2) is 4.39 Å². The van der Waals surface area contributed by atoms with Crippen molar-refractivity contribution in [2.45, 2.75) is 6.92 Å². The van der Waals surface area contributed by atoms with Crippen molar-refractivity contribution in [2.75, 3.05) is 5.73 Å². The fourth-order valence-corrected chi connectivity index (χ4v) is 1.53. The van der Waals surface area contributed by atoms with Gasteiger partial charge >= 0.3 is 0 Å². The summed E-state index contributed by atoms with van der Waals surface area (Å²) in [7, 11) is 0. The molecular formula is C13H11F2NO. The summed E-state index contributed by atoms with van der Waals surface area (Å²) in [5.41, 5.74) is 7.03. The number of aryl methyl sites for hydroxylation is 1. The molecule has 0 unspecified atom stereocenters. The molecule has 0 atom stereocenters. The van der Waals surface area contributed by atoms with Gasteiger partial charge in [-0.15, -0.1) is 0 Å². The Bertz CT molecular complexity index is 535. The number of ether oxygens (including phenoxy) is 1. The standard InChI is InChI=1S/C13H11F2NO/c1-8-5-9(16)7-10(6-8)17-12-4-2-3-11(14)13(12)15/h2-7H,16H2,1H3. The monoisotopic (exact) mass is 235 g/mol. The molecule has 0 amide bonds. The van der Waals surface area contributed by atoms with E-state index in [4.69, 9.17) is 10.5 Å². The van der Waals surface area contributed by atoms with Crippen LogP contribution >= 0.6 is 0 Å². The van der Waals surface area contributed by atoms with Gasteiger partial charge in [-0.2, -0.15) is 4.39 Å². The molecule has 4 heteroatoms. The molecule has 2 aromatic carbocycles. The maximum absolute atomic E-state index is 13.4. The second-order valence-corrected chi connectivity index (χ2v) is 3.73. The second-order valence-electron chi connectivity index (χ2n) is 3.73. The minimum Gasteiger partial charge on any atom is -0.454 e. The molecule has 0 aliphatic carbocycles. The van der Waals surface area contributed by atoms with Crippen molar-refractivity contribution < 1.29 is 13.5 Å². The first-order valence-corrected chi connectivity index (χ1v) is 5.05. The number of halogens is 2. The minimum absolute atomic E-state index is 0.157. The smallest absolute Gasteiger partial charge is 0.201 e. The molecule has 88 valence electrons. The topological polar surface area (TPSA) is 35.2 Å². The van der Waals surface area contributed by atoms with Gasteiger partial charge in [-0.05, 0) is 36.8 Å². The van der Waals surface area contributed by atoms with Crippen LogP contribution in [-0.4, -0.2) is 0 Å². The van der Waals surface area contributed by atoms with Crippen LogP contribution in [0.25, 0.3) is 0 Å². The summed E-state index contributed by atoms with van der Waals surface area (Å²) >= 11 is 0. The minimum atomic E-state index is -1.01. The van der Waals surface area contributed by atoms with Crippen molar-refractivity contribution >= 4 is 5.69 Å². The van der Waals surface area contributed by atoms with E-state index in [0.717, 1.165) is 11.6 Å². The van der Waals surface area contributed by atoms with E-state index in [-0.39, 0.29) is 5.75 Å². The van der Waals surface area contributed by atoms with Gasteiger partial charge in [0, 0.05) is 11.8 Å². The highest BCUT2D eigenvalue weighted by Crippen LogP contribution is 2.27. The molecule has 2 rings (SSSR count). The van der Waals surface area contributed by atoms with Gasteiger partial charge in [0.25, 0.3) is 0 Å². The lowest BCUT2D eigenvalue weighted by atomic mass is 10.2. The Balaban J connectivity index is 2.34. The predicted octanol–water partition coefficient (Wildman–Crippen LogP) is 3.65. The van der Waals surface area contributed by atoms with Gasteiger partial charge in [0.1, 0.15) is 5.75 Å². The van der Waals surface area contributed by atoms with E-state index >= 15 is 0 Å². The molecule has 2 N–H and O–H groups in total. The molecular weight excluding hydrogens is 224 g/mol. The fraction of sp³-hybridized carbons (Fsp3) is 0.0769. The van der Waals surface area contributed by atoms with Crippen LogP contribution in [0.2, 0.25) is 0 Å². The van der Waals surface area contributed by atoms with Crippen LogP contribution in [0.4, 0.5) is 14.5 Å². The fourth-order valence-electron chi connectivity index (χ4n) is 1.53. The van der Waals surface area contributed by atoms with Gasteiger partial charge in [-0.1, -0.05) is 6.07 Å². The Hall–Kier alpha value is -2.10. The highest BCUT2D eigenvalue weighted by molar-refractivity contribution is 5.48. The van der Waals surface area contributed by atoms with Crippen molar-refractivity contribution in [3.63, 3.8) is 0 Å². The maximum Gasteiger partial charge on any atom is 0.201 e. The van der Waals surface area contributed by atoms with E-state index in [0.29, 0.717) is 11.4 Å². The van der Waals surface area contributed by atoms with Crippen LogP contribution in [0.5, 0.6) is 11.5 Å². The van der Waals surface area contributed by atoms with Gasteiger partial charge in [-0.3, -0.25) is 0 Å². The van der Waals surface area contributed by atoms with E-state index in [2.05, 4.69) is 0 Å². The summed E-state index contributed by atoms with van der Waals surface area (Å²) < 4.78 is 31.6. The second kappa shape index (κ2) is 4.41. The first-order valence-electron chi connectivity index (χ1n) is 5.05. The molecule has 0 aliphatic heterocycles. The van der Waals surface area contributed by atoms with Gasteiger partial charge in [0.15, 0.2) is 11.6 Å². The Morgan fingerprint density at radius 3 is 2.59 bits per heavy atom. The van der Waals surface area contributed by atoms with Crippen molar-refractivity contribution in [1.82, 2.24) is 0 Å². The Labute approximate surface area is 97.6 Å². The summed E-state index contributed by atoms with van der Waals surface area (Å²) in [4.78, 5) is 0. The lowest BCUT2D eigenvalue weighted by Crippen LogP contribution is -1.93. The zero-order valence-electron chi connectivity index (χ0n) is 9.21. The van der Waals surface area contributed by atoms with Crippen LogP contribution in [0.3, 0.4) is 0 Å². The molecule has 0 saturated heterocycles. The molecule has 0 saturated carbocycles. The Morgan fingerprint density at radius 1 is 1.12 bits per heavy atom. The number of nitrogen functional groups attached to an aromatic ring is 1. The van der Waals surface area contributed by atoms with E-state index < -0.39 is 11.6 Å². The zero-order chi connectivity index (χ0) is 12.4. The molecule has 0 aliphatic rings. The molecule has 0 radical (unpaired) electrons. The van der Waals surface area contributed by atoms with Gasteiger partial charge < -0.3 is 10.5 Å². The predicted molar refractivity (Wildman–Crippen MR) is 62.0 cm³/mol. The van der Waals surface area contributed by atoms with Crippen LogP contribution < -0.4 is 10.5 Å². The summed E-state index contributed by atoms with van der Waals surface area (Å²) in [6.45, 7) is 1.84. The molecule has 2 aromatic rings. The highest BCUT2D eigenvalue weighted by atomic mass is 19.2. The molecule has 0 fully saturated rings. The zero-order valence-corrected chi connectivity index (χ0v) is 9.21. The number of benzene rings is 2. The summed E-state index contributed by atoms with van der Waals surface area (Å²) in [5, 5.41) is 0. The summed E-state index contributed by atoms with van der Waals surface area (Å²) in [6.07, 6.45) is 0. The first-order chi connectivity index (χ1) is 8.06. The van der Waals surface area contributed by atoms with Crippen molar-refractivity contribution in [2.24, 2.45) is 0 Å². The summed E-state index contributed by atoms with van der Waals surface area (Å²) in [6, 6.07) is 8.78.